The summed E-state index contributed by atoms with van der Waals surface area (Å²) in [6.45, 7) is 3.88. The van der Waals surface area contributed by atoms with E-state index in [9.17, 15) is 14.3 Å². The van der Waals surface area contributed by atoms with Crippen LogP contribution in [-0.4, -0.2) is 29.5 Å². The SMILES string of the molecule is CCOC(=O)C(F)C1(O)CCCC(CC)CC1. The Kier molecular flexibility index (Phi) is 5.37. The van der Waals surface area contributed by atoms with Gasteiger partial charge in [0, 0.05) is 0 Å². The summed E-state index contributed by atoms with van der Waals surface area (Å²) in [5, 5.41) is 10.3. The first kappa shape index (κ1) is 14.4. The van der Waals surface area contributed by atoms with E-state index in [1.54, 1.807) is 6.92 Å². The minimum atomic E-state index is -1.90. The largest absolute Gasteiger partial charge is 0.464 e. The lowest BCUT2D eigenvalue weighted by molar-refractivity contribution is -0.161. The molecule has 1 aliphatic rings. The second-order valence-electron chi connectivity index (χ2n) is 4.92. The summed E-state index contributed by atoms with van der Waals surface area (Å²) in [4.78, 5) is 11.4. The standard InChI is InChI=1S/C13H23FO3/c1-3-10-6-5-8-13(16,9-7-10)11(14)12(15)17-4-2/h10-11,16H,3-9H2,1-2H3. The Bertz CT molecular complexity index is 257. The molecule has 1 saturated carbocycles. The zero-order valence-corrected chi connectivity index (χ0v) is 10.7. The van der Waals surface area contributed by atoms with E-state index in [0.29, 0.717) is 18.8 Å². The van der Waals surface area contributed by atoms with Crippen LogP contribution in [-0.2, 0) is 9.53 Å². The van der Waals surface area contributed by atoms with Crippen LogP contribution in [0.2, 0.25) is 0 Å². The summed E-state index contributed by atoms with van der Waals surface area (Å²) in [5.41, 5.74) is -1.52. The van der Waals surface area contributed by atoms with E-state index in [-0.39, 0.29) is 6.61 Å². The van der Waals surface area contributed by atoms with Crippen LogP contribution in [0.5, 0.6) is 0 Å². The third kappa shape index (κ3) is 3.66. The monoisotopic (exact) mass is 246 g/mol. The fraction of sp³-hybridized carbons (Fsp3) is 0.923. The van der Waals surface area contributed by atoms with Crippen LogP contribution >= 0.6 is 0 Å². The number of rotatable bonds is 4. The van der Waals surface area contributed by atoms with Gasteiger partial charge in [0.25, 0.3) is 0 Å². The molecule has 0 saturated heterocycles. The molecule has 0 spiro atoms. The molecule has 1 aliphatic carbocycles. The number of alkyl halides is 1. The third-order valence-electron chi connectivity index (χ3n) is 3.75. The molecule has 0 radical (unpaired) electrons. The summed E-state index contributed by atoms with van der Waals surface area (Å²) in [5.74, 6) is -0.386. The van der Waals surface area contributed by atoms with Gasteiger partial charge in [-0.05, 0) is 32.1 Å². The van der Waals surface area contributed by atoms with E-state index in [2.05, 4.69) is 11.7 Å². The second-order valence-corrected chi connectivity index (χ2v) is 4.92. The fourth-order valence-electron chi connectivity index (χ4n) is 2.52. The normalized spacial score (nSPS) is 31.6. The maximum absolute atomic E-state index is 13.9. The Morgan fingerprint density at radius 2 is 2.18 bits per heavy atom. The van der Waals surface area contributed by atoms with Crippen molar-refractivity contribution in [2.75, 3.05) is 6.61 Å². The predicted octanol–water partition coefficient (Wildman–Crippen LogP) is 2.61. The second kappa shape index (κ2) is 6.34. The van der Waals surface area contributed by atoms with Crippen molar-refractivity contribution in [1.82, 2.24) is 0 Å². The van der Waals surface area contributed by atoms with Crippen LogP contribution < -0.4 is 0 Å². The van der Waals surface area contributed by atoms with E-state index in [0.717, 1.165) is 25.7 Å². The Labute approximate surface area is 102 Å². The van der Waals surface area contributed by atoms with Gasteiger partial charge in [0.2, 0.25) is 6.17 Å². The molecule has 4 heteroatoms. The van der Waals surface area contributed by atoms with Crippen LogP contribution in [0.3, 0.4) is 0 Å². The average molecular weight is 246 g/mol. The van der Waals surface area contributed by atoms with Gasteiger partial charge in [-0.15, -0.1) is 0 Å². The molecule has 17 heavy (non-hydrogen) atoms. The molecular weight excluding hydrogens is 223 g/mol. The lowest BCUT2D eigenvalue weighted by Crippen LogP contribution is -2.44. The number of aliphatic hydroxyl groups is 1. The van der Waals surface area contributed by atoms with Crippen LogP contribution in [0.4, 0.5) is 4.39 Å². The van der Waals surface area contributed by atoms with Crippen molar-refractivity contribution in [3.05, 3.63) is 0 Å². The van der Waals surface area contributed by atoms with Gasteiger partial charge in [-0.25, -0.2) is 9.18 Å². The van der Waals surface area contributed by atoms with Crippen LogP contribution in [0, 0.1) is 5.92 Å². The number of ether oxygens (including phenoxy) is 1. The molecule has 1 N–H and O–H groups in total. The zero-order chi connectivity index (χ0) is 12.9. The van der Waals surface area contributed by atoms with Gasteiger partial charge in [-0.2, -0.15) is 0 Å². The Morgan fingerprint density at radius 3 is 2.76 bits per heavy atom. The highest BCUT2D eigenvalue weighted by molar-refractivity contribution is 5.76. The molecule has 0 heterocycles. The third-order valence-corrected chi connectivity index (χ3v) is 3.75. The first-order valence-corrected chi connectivity index (χ1v) is 6.56. The van der Waals surface area contributed by atoms with Gasteiger partial charge in [0.1, 0.15) is 5.60 Å². The highest BCUT2D eigenvalue weighted by Crippen LogP contribution is 2.35. The number of carbonyl (C=O) groups excluding carboxylic acids is 1. The molecular formula is C13H23FO3. The molecule has 3 atom stereocenters. The lowest BCUT2D eigenvalue weighted by atomic mass is 9.88. The molecule has 0 aromatic heterocycles. The van der Waals surface area contributed by atoms with Crippen LogP contribution in [0.1, 0.15) is 52.4 Å². The van der Waals surface area contributed by atoms with Gasteiger partial charge >= 0.3 is 5.97 Å². The molecule has 0 aliphatic heterocycles. The first-order chi connectivity index (χ1) is 8.03. The van der Waals surface area contributed by atoms with Gasteiger partial charge in [-0.1, -0.05) is 26.2 Å². The average Bonchev–Trinajstić information content (AvgIpc) is 2.51. The van der Waals surface area contributed by atoms with E-state index in [1.807, 2.05) is 0 Å². The van der Waals surface area contributed by atoms with Crippen LogP contribution in [0.25, 0.3) is 0 Å². The van der Waals surface area contributed by atoms with Crippen molar-refractivity contribution in [2.24, 2.45) is 5.92 Å². The molecule has 0 aromatic carbocycles. The summed E-state index contributed by atoms with van der Waals surface area (Å²) in [7, 11) is 0. The highest BCUT2D eigenvalue weighted by Gasteiger charge is 2.43. The van der Waals surface area contributed by atoms with Crippen molar-refractivity contribution in [3.8, 4) is 0 Å². The quantitative estimate of drug-likeness (QED) is 0.612. The van der Waals surface area contributed by atoms with Crippen molar-refractivity contribution >= 4 is 5.97 Å². The smallest absolute Gasteiger partial charge is 0.343 e. The Hall–Kier alpha value is -0.640. The summed E-state index contributed by atoms with van der Waals surface area (Å²) >= 11 is 0. The first-order valence-electron chi connectivity index (χ1n) is 6.56. The van der Waals surface area contributed by atoms with Gasteiger partial charge in [0.05, 0.1) is 6.61 Å². The van der Waals surface area contributed by atoms with Gasteiger partial charge < -0.3 is 9.84 Å². The van der Waals surface area contributed by atoms with E-state index in [1.165, 1.54) is 0 Å². The van der Waals surface area contributed by atoms with Crippen molar-refractivity contribution in [3.63, 3.8) is 0 Å². The van der Waals surface area contributed by atoms with Gasteiger partial charge in [-0.3, -0.25) is 0 Å². The Morgan fingerprint density at radius 1 is 1.47 bits per heavy atom. The van der Waals surface area contributed by atoms with E-state index in [4.69, 9.17) is 0 Å². The van der Waals surface area contributed by atoms with Crippen molar-refractivity contribution in [1.29, 1.82) is 0 Å². The summed E-state index contributed by atoms with van der Waals surface area (Å²) < 4.78 is 18.6. The molecule has 1 fully saturated rings. The number of hydrogen-bond donors (Lipinski definition) is 1. The minimum Gasteiger partial charge on any atom is -0.464 e. The van der Waals surface area contributed by atoms with E-state index < -0.39 is 17.7 Å². The molecule has 100 valence electrons. The number of hydrogen-bond acceptors (Lipinski definition) is 3. The number of esters is 1. The predicted molar refractivity (Wildman–Crippen MR) is 63.3 cm³/mol. The molecule has 1 rings (SSSR count). The minimum absolute atomic E-state index is 0.146. The Balaban J connectivity index is 2.63. The van der Waals surface area contributed by atoms with Crippen LogP contribution in [0.15, 0.2) is 0 Å². The zero-order valence-electron chi connectivity index (χ0n) is 10.7. The van der Waals surface area contributed by atoms with Gasteiger partial charge in [0.15, 0.2) is 0 Å². The summed E-state index contributed by atoms with van der Waals surface area (Å²) in [6.07, 6.45) is 2.41. The van der Waals surface area contributed by atoms with Crippen molar-refractivity contribution in [2.45, 2.75) is 64.1 Å². The van der Waals surface area contributed by atoms with Crippen molar-refractivity contribution < 1.29 is 19.0 Å². The number of halogens is 1. The number of carbonyl (C=O) groups is 1. The molecule has 0 bridgehead atoms. The molecule has 0 aromatic rings. The highest BCUT2D eigenvalue weighted by atomic mass is 19.1. The molecule has 3 nitrogen and oxygen atoms in total. The topological polar surface area (TPSA) is 46.5 Å². The fourth-order valence-corrected chi connectivity index (χ4v) is 2.52. The molecule has 0 amide bonds. The van der Waals surface area contributed by atoms with E-state index >= 15 is 0 Å². The maximum atomic E-state index is 13.9. The molecule has 3 unspecified atom stereocenters. The lowest BCUT2D eigenvalue weighted by Gasteiger charge is -2.28. The maximum Gasteiger partial charge on any atom is 0.343 e. The summed E-state index contributed by atoms with van der Waals surface area (Å²) in [6, 6.07) is 0.